The number of benzene rings is 2. The molecule has 6 rings (SSSR count). The van der Waals surface area contributed by atoms with Crippen LogP contribution < -0.4 is 5.32 Å². The lowest BCUT2D eigenvalue weighted by Gasteiger charge is -2.19. The van der Waals surface area contributed by atoms with Gasteiger partial charge in [-0.1, -0.05) is 19.1 Å². The van der Waals surface area contributed by atoms with Crippen molar-refractivity contribution in [2.75, 3.05) is 11.9 Å². The average Bonchev–Trinajstić information content (AvgIpc) is 3.59. The van der Waals surface area contributed by atoms with Gasteiger partial charge in [-0.2, -0.15) is 0 Å². The van der Waals surface area contributed by atoms with Crippen molar-refractivity contribution in [1.29, 1.82) is 0 Å². The summed E-state index contributed by atoms with van der Waals surface area (Å²) in [5, 5.41) is 4.51. The van der Waals surface area contributed by atoms with E-state index >= 15 is 0 Å². The predicted molar refractivity (Wildman–Crippen MR) is 144 cm³/mol. The van der Waals surface area contributed by atoms with Crippen LogP contribution in [-0.2, 0) is 13.0 Å². The van der Waals surface area contributed by atoms with Crippen molar-refractivity contribution in [3.8, 4) is 22.6 Å². The first-order valence-electron chi connectivity index (χ1n) is 12.3. The Hall–Kier alpha value is -3.52. The van der Waals surface area contributed by atoms with Gasteiger partial charge >= 0.3 is 0 Å². The van der Waals surface area contributed by atoms with E-state index in [2.05, 4.69) is 72.8 Å². The molecule has 1 aliphatic heterocycles. The number of nitrogens with zero attached hydrogens (tertiary/aromatic N) is 5. The molecule has 0 spiro atoms. The highest BCUT2D eigenvalue weighted by Gasteiger charge is 2.31. The summed E-state index contributed by atoms with van der Waals surface area (Å²) in [5.41, 5.74) is 4.67. The molecule has 6 nitrogen and oxygen atoms in total. The van der Waals surface area contributed by atoms with Crippen LogP contribution in [0, 0.1) is 5.82 Å². The van der Waals surface area contributed by atoms with E-state index in [1.807, 2.05) is 6.07 Å². The van der Waals surface area contributed by atoms with Gasteiger partial charge in [0.1, 0.15) is 11.6 Å². The minimum absolute atomic E-state index is 0.210. The maximum Gasteiger partial charge on any atom is 0.223 e. The number of aryl methyl sites for hydroxylation is 1. The number of hydrogen-bond acceptors (Lipinski definition) is 4. The Morgan fingerprint density at radius 3 is 2.78 bits per heavy atom. The van der Waals surface area contributed by atoms with E-state index in [1.54, 1.807) is 18.3 Å². The van der Waals surface area contributed by atoms with Crippen LogP contribution >= 0.6 is 15.9 Å². The molecule has 4 heterocycles. The predicted octanol–water partition coefficient (Wildman–Crippen LogP) is 6.87. The van der Waals surface area contributed by atoms with Gasteiger partial charge in [-0.15, -0.1) is 0 Å². The van der Waals surface area contributed by atoms with Gasteiger partial charge in [0.25, 0.3) is 0 Å². The molecule has 1 atom stereocenters. The van der Waals surface area contributed by atoms with E-state index in [9.17, 15) is 4.39 Å². The lowest BCUT2D eigenvalue weighted by Crippen LogP contribution is -2.14. The van der Waals surface area contributed by atoms with Crippen LogP contribution in [-0.4, -0.2) is 30.6 Å². The van der Waals surface area contributed by atoms with E-state index < -0.39 is 0 Å². The molecule has 3 aromatic heterocycles. The number of halogens is 2. The van der Waals surface area contributed by atoms with E-state index in [1.165, 1.54) is 23.0 Å². The van der Waals surface area contributed by atoms with Crippen molar-refractivity contribution in [1.82, 2.24) is 24.1 Å². The quantitative estimate of drug-likeness (QED) is 0.243. The molecule has 1 unspecified atom stereocenters. The van der Waals surface area contributed by atoms with Crippen molar-refractivity contribution >= 4 is 32.8 Å². The fourth-order valence-corrected chi connectivity index (χ4v) is 5.72. The molecule has 5 aromatic rings. The smallest absolute Gasteiger partial charge is 0.223 e. The third-order valence-corrected chi connectivity index (χ3v) is 7.39. The summed E-state index contributed by atoms with van der Waals surface area (Å²) >= 11 is 3.73. The Kier molecular flexibility index (Phi) is 6.05. The number of rotatable bonds is 7. The highest BCUT2D eigenvalue weighted by molar-refractivity contribution is 9.10. The maximum absolute atomic E-state index is 13.7. The van der Waals surface area contributed by atoms with Crippen LogP contribution in [0.2, 0.25) is 0 Å². The number of imidazole rings is 1. The first kappa shape index (κ1) is 22.9. The SMILES string of the molecule is CCCNc1nccc(-c2c(-c3ccc(F)cc3)nc3n2C(Cn2ccc4cccc(Br)c42)CC3)n1. The van der Waals surface area contributed by atoms with E-state index in [-0.39, 0.29) is 11.9 Å². The second-order valence-electron chi connectivity index (χ2n) is 9.13. The summed E-state index contributed by atoms with van der Waals surface area (Å²) in [6.07, 6.45) is 6.80. The van der Waals surface area contributed by atoms with Gasteiger partial charge in [0.15, 0.2) is 0 Å². The van der Waals surface area contributed by atoms with Gasteiger partial charge in [-0.25, -0.2) is 19.3 Å². The number of para-hydroxylation sites is 1. The van der Waals surface area contributed by atoms with Crippen molar-refractivity contribution < 1.29 is 4.39 Å². The van der Waals surface area contributed by atoms with Crippen LogP contribution in [0.4, 0.5) is 10.3 Å². The number of aromatic nitrogens is 5. The van der Waals surface area contributed by atoms with Crippen LogP contribution in [0.25, 0.3) is 33.5 Å². The maximum atomic E-state index is 13.7. The molecule has 0 radical (unpaired) electrons. The lowest BCUT2D eigenvalue weighted by molar-refractivity contribution is 0.459. The zero-order valence-electron chi connectivity index (χ0n) is 20.0. The Morgan fingerprint density at radius 2 is 1.94 bits per heavy atom. The van der Waals surface area contributed by atoms with E-state index in [4.69, 9.17) is 9.97 Å². The van der Waals surface area contributed by atoms with Gasteiger partial charge in [0.05, 0.1) is 28.6 Å². The normalized spacial score (nSPS) is 14.9. The molecular weight excluding hydrogens is 519 g/mol. The second-order valence-corrected chi connectivity index (χ2v) is 9.99. The summed E-state index contributed by atoms with van der Waals surface area (Å²) in [4.78, 5) is 14.3. The summed E-state index contributed by atoms with van der Waals surface area (Å²) in [6.45, 7) is 3.73. The van der Waals surface area contributed by atoms with Crippen molar-refractivity contribution in [3.63, 3.8) is 0 Å². The monoisotopic (exact) mass is 544 g/mol. The minimum Gasteiger partial charge on any atom is -0.354 e. The number of hydrogen-bond donors (Lipinski definition) is 1. The van der Waals surface area contributed by atoms with Gasteiger partial charge in [0, 0.05) is 47.3 Å². The average molecular weight is 545 g/mol. The molecule has 0 fully saturated rings. The molecule has 0 amide bonds. The molecule has 1 N–H and O–H groups in total. The van der Waals surface area contributed by atoms with Gasteiger partial charge in [-0.05, 0) is 71.2 Å². The largest absolute Gasteiger partial charge is 0.354 e. The molecule has 8 heteroatoms. The number of nitrogens with one attached hydrogen (secondary N) is 1. The fourth-order valence-electron chi connectivity index (χ4n) is 5.11. The number of anilines is 1. The van der Waals surface area contributed by atoms with Crippen molar-refractivity contribution in [2.24, 2.45) is 0 Å². The molecule has 0 saturated carbocycles. The summed E-state index contributed by atoms with van der Waals surface area (Å²) in [6, 6.07) is 17.1. The third kappa shape index (κ3) is 4.09. The molecule has 0 saturated heterocycles. The highest BCUT2D eigenvalue weighted by atomic mass is 79.9. The molecular formula is C28H26BrFN6. The number of fused-ring (bicyclic) bond motifs is 2. The molecule has 2 aromatic carbocycles. The van der Waals surface area contributed by atoms with Gasteiger partial charge < -0.3 is 14.5 Å². The third-order valence-electron chi connectivity index (χ3n) is 6.75. The lowest BCUT2D eigenvalue weighted by atomic mass is 10.1. The molecule has 0 bridgehead atoms. The Morgan fingerprint density at radius 1 is 1.08 bits per heavy atom. The van der Waals surface area contributed by atoms with Crippen LogP contribution in [0.3, 0.4) is 0 Å². The first-order valence-corrected chi connectivity index (χ1v) is 13.1. The Bertz CT molecular complexity index is 1540. The van der Waals surface area contributed by atoms with Gasteiger partial charge in [0.2, 0.25) is 5.95 Å². The molecule has 0 aliphatic carbocycles. The van der Waals surface area contributed by atoms with Crippen LogP contribution in [0.1, 0.15) is 31.6 Å². The molecule has 1 aliphatic rings. The standard InChI is InChI=1S/C28H26BrFN6/c1-2-14-31-28-32-15-12-23(33-28)27-25(18-6-8-20(30)9-7-18)34-24-11-10-21(36(24)27)17-35-16-13-19-4-3-5-22(29)26(19)35/h3-9,12-13,15-16,21H,2,10-11,14,17H2,1H3,(H,31,32,33). The van der Waals surface area contributed by atoms with Gasteiger partial charge in [-0.3, -0.25) is 0 Å². The summed E-state index contributed by atoms with van der Waals surface area (Å²) in [7, 11) is 0. The van der Waals surface area contributed by atoms with Crippen LogP contribution in [0.15, 0.2) is 71.5 Å². The Balaban J connectivity index is 1.47. The summed E-state index contributed by atoms with van der Waals surface area (Å²) < 4.78 is 19.5. The zero-order chi connectivity index (χ0) is 24.6. The zero-order valence-corrected chi connectivity index (χ0v) is 21.5. The first-order chi connectivity index (χ1) is 17.6. The van der Waals surface area contributed by atoms with Crippen molar-refractivity contribution in [3.05, 3.63) is 83.1 Å². The minimum atomic E-state index is -0.261. The fraction of sp³-hybridized carbons (Fsp3) is 0.250. The molecule has 36 heavy (non-hydrogen) atoms. The molecule has 182 valence electrons. The van der Waals surface area contributed by atoms with E-state index in [0.29, 0.717) is 5.95 Å². The van der Waals surface area contributed by atoms with Crippen molar-refractivity contribution in [2.45, 2.75) is 38.8 Å². The Labute approximate surface area is 217 Å². The highest BCUT2D eigenvalue weighted by Crippen LogP contribution is 2.40. The van der Waals surface area contributed by atoms with Crippen LogP contribution in [0.5, 0.6) is 0 Å². The summed E-state index contributed by atoms with van der Waals surface area (Å²) in [5.74, 6) is 1.37. The topological polar surface area (TPSA) is 60.6 Å². The van der Waals surface area contributed by atoms with E-state index in [0.717, 1.165) is 65.3 Å². The second kappa shape index (κ2) is 9.50.